The Morgan fingerprint density at radius 3 is 2.49 bits per heavy atom. The first-order valence-corrected chi connectivity index (χ1v) is 10.7. The van der Waals surface area contributed by atoms with E-state index in [9.17, 15) is 19.2 Å². The van der Waals surface area contributed by atoms with Crippen molar-refractivity contribution >= 4 is 35.1 Å². The number of nitrogens with zero attached hydrogens (tertiary/aromatic N) is 4. The van der Waals surface area contributed by atoms with Gasteiger partial charge < -0.3 is 19.5 Å². The first-order chi connectivity index (χ1) is 16.9. The van der Waals surface area contributed by atoms with E-state index in [2.05, 4.69) is 15.7 Å². The lowest BCUT2D eigenvalue weighted by molar-refractivity contribution is -0.123. The number of carbonyl (C=O) groups is 4. The van der Waals surface area contributed by atoms with Crippen LogP contribution in [-0.2, 0) is 19.1 Å². The minimum absolute atomic E-state index is 0.186. The molecule has 3 amide bonds. The molecule has 12 heteroatoms. The molecule has 2 aliphatic heterocycles. The van der Waals surface area contributed by atoms with Crippen LogP contribution < -0.4 is 19.7 Å². The summed E-state index contributed by atoms with van der Waals surface area (Å²) in [5.41, 5.74) is 0.731. The van der Waals surface area contributed by atoms with Crippen LogP contribution in [0.25, 0.3) is 0 Å². The third-order valence-electron chi connectivity index (χ3n) is 5.49. The van der Waals surface area contributed by atoms with Crippen LogP contribution in [0, 0.1) is 0 Å². The molecule has 2 atom stereocenters. The molecule has 2 aromatic rings. The highest BCUT2D eigenvalue weighted by atomic mass is 16.5. The summed E-state index contributed by atoms with van der Waals surface area (Å²) in [6.07, 6.45) is 0. The molecular formula is C23H23N5O7. The molecule has 0 spiro atoms. The topological polar surface area (TPSA) is 139 Å². The Morgan fingerprint density at radius 1 is 1.03 bits per heavy atom. The van der Waals surface area contributed by atoms with Crippen molar-refractivity contribution in [3.63, 3.8) is 0 Å². The molecule has 12 nitrogen and oxygen atoms in total. The SMILES string of the molecule is CCOC(=O)c1ccccc1NC(=O)CN1N=N[C@@H]2C(=O)N(c3ccc(OC)c(OC)c3)C(=O)[C@H]21. The highest BCUT2D eigenvalue weighted by Gasteiger charge is 2.55. The second kappa shape index (κ2) is 9.79. The maximum absolute atomic E-state index is 13.2. The number of esters is 1. The number of para-hydroxylation sites is 1. The molecule has 0 aromatic heterocycles. The van der Waals surface area contributed by atoms with Crippen molar-refractivity contribution in [2.45, 2.75) is 19.0 Å². The van der Waals surface area contributed by atoms with Gasteiger partial charge in [0.15, 0.2) is 23.6 Å². The number of hydrogen-bond acceptors (Lipinski definition) is 10. The van der Waals surface area contributed by atoms with Gasteiger partial charge >= 0.3 is 5.97 Å². The fourth-order valence-electron chi connectivity index (χ4n) is 3.89. The lowest BCUT2D eigenvalue weighted by atomic mass is 10.1. The van der Waals surface area contributed by atoms with Gasteiger partial charge in [0.1, 0.15) is 6.54 Å². The average molecular weight is 481 g/mol. The van der Waals surface area contributed by atoms with Crippen LogP contribution in [0.4, 0.5) is 11.4 Å². The molecule has 1 saturated heterocycles. The maximum atomic E-state index is 13.2. The number of benzene rings is 2. The summed E-state index contributed by atoms with van der Waals surface area (Å²) < 4.78 is 15.5. The van der Waals surface area contributed by atoms with Crippen molar-refractivity contribution in [1.29, 1.82) is 0 Å². The second-order valence-corrected chi connectivity index (χ2v) is 7.56. The zero-order valence-corrected chi connectivity index (χ0v) is 19.3. The number of methoxy groups -OCH3 is 2. The van der Waals surface area contributed by atoms with E-state index >= 15 is 0 Å². The number of fused-ring (bicyclic) bond motifs is 1. The largest absolute Gasteiger partial charge is 0.493 e. The van der Waals surface area contributed by atoms with Gasteiger partial charge in [0.05, 0.1) is 37.8 Å². The molecule has 35 heavy (non-hydrogen) atoms. The average Bonchev–Trinajstić information content (AvgIpc) is 3.37. The Morgan fingerprint density at radius 2 is 1.77 bits per heavy atom. The summed E-state index contributed by atoms with van der Waals surface area (Å²) in [5.74, 6) is -1.47. The molecule has 0 saturated carbocycles. The first-order valence-electron chi connectivity index (χ1n) is 10.7. The Labute approximate surface area is 200 Å². The molecule has 0 bridgehead atoms. The Bertz CT molecular complexity index is 1210. The van der Waals surface area contributed by atoms with Gasteiger partial charge in [-0.25, -0.2) is 9.69 Å². The van der Waals surface area contributed by atoms with Gasteiger partial charge in [-0.05, 0) is 31.2 Å². The van der Waals surface area contributed by atoms with Crippen molar-refractivity contribution < 1.29 is 33.4 Å². The van der Waals surface area contributed by atoms with E-state index < -0.39 is 35.8 Å². The lowest BCUT2D eigenvalue weighted by Gasteiger charge is -2.21. The van der Waals surface area contributed by atoms with E-state index in [4.69, 9.17) is 14.2 Å². The molecule has 1 N–H and O–H groups in total. The zero-order valence-electron chi connectivity index (χ0n) is 19.3. The number of amides is 3. The number of hydrogen-bond donors (Lipinski definition) is 1. The van der Waals surface area contributed by atoms with E-state index in [-0.39, 0.29) is 30.1 Å². The smallest absolute Gasteiger partial charge is 0.340 e. The third kappa shape index (κ3) is 4.37. The van der Waals surface area contributed by atoms with Crippen molar-refractivity contribution in [3.05, 3.63) is 48.0 Å². The van der Waals surface area contributed by atoms with Crippen molar-refractivity contribution in [2.24, 2.45) is 10.3 Å². The summed E-state index contributed by atoms with van der Waals surface area (Å²) in [6.45, 7) is 1.50. The Balaban J connectivity index is 1.50. The molecule has 0 aliphatic carbocycles. The minimum atomic E-state index is -1.07. The van der Waals surface area contributed by atoms with Gasteiger partial charge in [0.25, 0.3) is 11.8 Å². The van der Waals surface area contributed by atoms with Crippen LogP contribution >= 0.6 is 0 Å². The number of nitrogens with one attached hydrogen (secondary N) is 1. The predicted molar refractivity (Wildman–Crippen MR) is 122 cm³/mol. The molecule has 2 aromatic carbocycles. The third-order valence-corrected chi connectivity index (χ3v) is 5.49. The van der Waals surface area contributed by atoms with Gasteiger partial charge in [-0.1, -0.05) is 17.4 Å². The molecule has 0 unspecified atom stereocenters. The highest BCUT2D eigenvalue weighted by molar-refractivity contribution is 6.25. The van der Waals surface area contributed by atoms with E-state index in [0.29, 0.717) is 11.5 Å². The molecule has 4 rings (SSSR count). The van der Waals surface area contributed by atoms with Crippen LogP contribution in [0.1, 0.15) is 17.3 Å². The van der Waals surface area contributed by atoms with E-state index in [1.165, 1.54) is 26.4 Å². The molecule has 0 radical (unpaired) electrons. The standard InChI is InChI=1S/C23H23N5O7/c1-4-35-23(32)14-7-5-6-8-15(14)24-18(29)12-27-20-19(25-26-27)21(30)28(22(20)31)13-9-10-16(33-2)17(11-13)34-3/h5-11,19-20H,4,12H2,1-3H3,(H,24,29)/t19-,20-/m0/s1. The van der Waals surface area contributed by atoms with Crippen molar-refractivity contribution in [1.82, 2.24) is 5.01 Å². The van der Waals surface area contributed by atoms with E-state index in [1.807, 2.05) is 0 Å². The molecule has 2 heterocycles. The predicted octanol–water partition coefficient (Wildman–Crippen LogP) is 1.81. The normalized spacial score (nSPS) is 18.5. The summed E-state index contributed by atoms with van der Waals surface area (Å²) in [6, 6.07) is 8.89. The molecular weight excluding hydrogens is 458 g/mol. The highest BCUT2D eigenvalue weighted by Crippen LogP contribution is 2.36. The second-order valence-electron chi connectivity index (χ2n) is 7.56. The number of ether oxygens (including phenoxy) is 3. The van der Waals surface area contributed by atoms with Gasteiger partial charge in [0.2, 0.25) is 5.91 Å². The van der Waals surface area contributed by atoms with Gasteiger partial charge in [-0.15, -0.1) is 0 Å². The fourth-order valence-corrected chi connectivity index (χ4v) is 3.89. The summed E-state index contributed by atoms with van der Waals surface area (Å²) in [7, 11) is 2.92. The number of carbonyl (C=O) groups excluding carboxylic acids is 4. The van der Waals surface area contributed by atoms with Crippen LogP contribution in [-0.4, -0.2) is 68.2 Å². The van der Waals surface area contributed by atoms with Crippen LogP contribution in [0.5, 0.6) is 11.5 Å². The van der Waals surface area contributed by atoms with Crippen LogP contribution in [0.3, 0.4) is 0 Å². The number of rotatable bonds is 8. The molecule has 2 aliphatic rings. The quantitative estimate of drug-likeness (QED) is 0.445. The molecule has 182 valence electrons. The summed E-state index contributed by atoms with van der Waals surface area (Å²) >= 11 is 0. The number of imide groups is 1. The molecule has 1 fully saturated rings. The van der Waals surface area contributed by atoms with E-state index in [1.54, 1.807) is 37.3 Å². The summed E-state index contributed by atoms with van der Waals surface area (Å²) in [4.78, 5) is 52.0. The van der Waals surface area contributed by atoms with Crippen molar-refractivity contribution in [2.75, 3.05) is 37.6 Å². The van der Waals surface area contributed by atoms with Crippen LogP contribution in [0.2, 0.25) is 0 Å². The lowest BCUT2D eigenvalue weighted by Crippen LogP contribution is -2.43. The monoisotopic (exact) mass is 481 g/mol. The fraction of sp³-hybridized carbons (Fsp3) is 0.304. The van der Waals surface area contributed by atoms with Gasteiger partial charge in [0, 0.05) is 6.07 Å². The Hall–Kier alpha value is -4.48. The number of anilines is 2. The zero-order chi connectivity index (χ0) is 25.1. The van der Waals surface area contributed by atoms with Crippen molar-refractivity contribution in [3.8, 4) is 11.5 Å². The van der Waals surface area contributed by atoms with Gasteiger partial charge in [-0.2, -0.15) is 5.11 Å². The minimum Gasteiger partial charge on any atom is -0.493 e. The Kier molecular flexibility index (Phi) is 6.62. The van der Waals surface area contributed by atoms with E-state index in [0.717, 1.165) is 9.91 Å². The maximum Gasteiger partial charge on any atom is 0.340 e. The van der Waals surface area contributed by atoms with Crippen LogP contribution in [0.15, 0.2) is 52.8 Å². The first kappa shape index (κ1) is 23.7. The van der Waals surface area contributed by atoms with Gasteiger partial charge in [-0.3, -0.25) is 19.4 Å². The summed E-state index contributed by atoms with van der Waals surface area (Å²) in [5, 5.41) is 11.6.